The minimum atomic E-state index is -0.318. The van der Waals surface area contributed by atoms with Crippen LogP contribution in [-0.4, -0.2) is 26.2 Å². The standard InChI is InChI=1S/C12H17FN2O/c1-16-12-3-2-10(8-11(12)13)15-9-4-6-14-7-5-9/h2-3,8-9,14-15H,4-7H2,1H3. The Labute approximate surface area is 95.0 Å². The molecule has 0 atom stereocenters. The first-order chi connectivity index (χ1) is 7.79. The first kappa shape index (κ1) is 11.2. The molecule has 1 heterocycles. The molecule has 4 heteroatoms. The molecule has 0 aromatic heterocycles. The average Bonchev–Trinajstić information content (AvgIpc) is 2.31. The summed E-state index contributed by atoms with van der Waals surface area (Å²) >= 11 is 0. The highest BCUT2D eigenvalue weighted by molar-refractivity contribution is 5.48. The first-order valence-corrected chi connectivity index (χ1v) is 5.60. The van der Waals surface area contributed by atoms with E-state index < -0.39 is 0 Å². The Kier molecular flexibility index (Phi) is 3.62. The Morgan fingerprint density at radius 3 is 2.75 bits per heavy atom. The second-order valence-corrected chi connectivity index (χ2v) is 4.02. The number of hydrogen-bond acceptors (Lipinski definition) is 3. The Morgan fingerprint density at radius 2 is 2.12 bits per heavy atom. The lowest BCUT2D eigenvalue weighted by Crippen LogP contribution is -2.35. The molecule has 0 aliphatic carbocycles. The molecule has 1 aromatic rings. The Hall–Kier alpha value is -1.29. The van der Waals surface area contributed by atoms with E-state index in [1.165, 1.54) is 13.2 Å². The number of halogens is 1. The van der Waals surface area contributed by atoms with Crippen LogP contribution in [0.2, 0.25) is 0 Å². The maximum atomic E-state index is 13.4. The van der Waals surface area contributed by atoms with Crippen LogP contribution in [0.15, 0.2) is 18.2 Å². The van der Waals surface area contributed by atoms with Gasteiger partial charge in [-0.05, 0) is 38.1 Å². The van der Waals surface area contributed by atoms with Crippen LogP contribution in [0, 0.1) is 5.82 Å². The molecule has 1 aliphatic heterocycles. The zero-order valence-corrected chi connectivity index (χ0v) is 9.42. The van der Waals surface area contributed by atoms with Gasteiger partial charge in [0.2, 0.25) is 0 Å². The predicted molar refractivity (Wildman–Crippen MR) is 62.5 cm³/mol. The van der Waals surface area contributed by atoms with Gasteiger partial charge < -0.3 is 15.4 Å². The fourth-order valence-electron chi connectivity index (χ4n) is 1.96. The van der Waals surface area contributed by atoms with Crippen molar-refractivity contribution in [2.75, 3.05) is 25.5 Å². The largest absolute Gasteiger partial charge is 0.494 e. The van der Waals surface area contributed by atoms with Crippen molar-refractivity contribution in [3.05, 3.63) is 24.0 Å². The predicted octanol–water partition coefficient (Wildman–Crippen LogP) is 2.00. The number of rotatable bonds is 3. The fourth-order valence-corrected chi connectivity index (χ4v) is 1.96. The van der Waals surface area contributed by atoms with E-state index in [0.717, 1.165) is 31.6 Å². The molecule has 1 fully saturated rings. The van der Waals surface area contributed by atoms with Crippen LogP contribution in [0.1, 0.15) is 12.8 Å². The van der Waals surface area contributed by atoms with Crippen LogP contribution in [0.4, 0.5) is 10.1 Å². The first-order valence-electron chi connectivity index (χ1n) is 5.60. The molecular weight excluding hydrogens is 207 g/mol. The van der Waals surface area contributed by atoms with Crippen LogP contribution >= 0.6 is 0 Å². The van der Waals surface area contributed by atoms with Crippen molar-refractivity contribution in [3.63, 3.8) is 0 Å². The molecular formula is C12H17FN2O. The van der Waals surface area contributed by atoms with Crippen LogP contribution in [0.3, 0.4) is 0 Å². The monoisotopic (exact) mass is 224 g/mol. The summed E-state index contributed by atoms with van der Waals surface area (Å²) < 4.78 is 18.3. The van der Waals surface area contributed by atoms with Crippen LogP contribution < -0.4 is 15.4 Å². The van der Waals surface area contributed by atoms with Gasteiger partial charge >= 0.3 is 0 Å². The Balaban J connectivity index is 2.01. The van der Waals surface area contributed by atoms with Gasteiger partial charge in [-0.1, -0.05) is 0 Å². The molecule has 88 valence electrons. The third kappa shape index (κ3) is 2.64. The number of piperidine rings is 1. The highest BCUT2D eigenvalue weighted by Gasteiger charge is 2.13. The van der Waals surface area contributed by atoms with Crippen molar-refractivity contribution in [2.45, 2.75) is 18.9 Å². The Bertz CT molecular complexity index is 351. The average molecular weight is 224 g/mol. The highest BCUT2D eigenvalue weighted by Crippen LogP contribution is 2.22. The van der Waals surface area contributed by atoms with Gasteiger partial charge in [0, 0.05) is 17.8 Å². The third-order valence-electron chi connectivity index (χ3n) is 2.86. The topological polar surface area (TPSA) is 33.3 Å². The maximum Gasteiger partial charge on any atom is 0.167 e. The fraction of sp³-hybridized carbons (Fsp3) is 0.500. The lowest BCUT2D eigenvalue weighted by molar-refractivity contribution is 0.386. The molecule has 1 aromatic carbocycles. The molecule has 1 aliphatic rings. The SMILES string of the molecule is COc1ccc(NC2CCNCC2)cc1F. The van der Waals surface area contributed by atoms with Gasteiger partial charge in [0.15, 0.2) is 11.6 Å². The summed E-state index contributed by atoms with van der Waals surface area (Å²) in [6, 6.07) is 5.43. The quantitative estimate of drug-likeness (QED) is 0.824. The van der Waals surface area contributed by atoms with Crippen molar-refractivity contribution < 1.29 is 9.13 Å². The van der Waals surface area contributed by atoms with E-state index in [1.807, 2.05) is 6.07 Å². The zero-order valence-electron chi connectivity index (χ0n) is 9.42. The van der Waals surface area contributed by atoms with E-state index in [4.69, 9.17) is 4.74 Å². The minimum absolute atomic E-state index is 0.288. The molecule has 0 unspecified atom stereocenters. The van der Waals surface area contributed by atoms with Gasteiger partial charge in [0.05, 0.1) is 7.11 Å². The molecule has 16 heavy (non-hydrogen) atoms. The normalized spacial score (nSPS) is 17.1. The van der Waals surface area contributed by atoms with Crippen molar-refractivity contribution in [1.82, 2.24) is 5.32 Å². The summed E-state index contributed by atoms with van der Waals surface area (Å²) in [5, 5.41) is 6.63. The molecule has 0 saturated carbocycles. The molecule has 0 amide bonds. The van der Waals surface area contributed by atoms with E-state index in [9.17, 15) is 4.39 Å². The van der Waals surface area contributed by atoms with Crippen molar-refractivity contribution >= 4 is 5.69 Å². The van der Waals surface area contributed by atoms with E-state index in [1.54, 1.807) is 6.07 Å². The Morgan fingerprint density at radius 1 is 1.38 bits per heavy atom. The van der Waals surface area contributed by atoms with Gasteiger partial charge in [0.25, 0.3) is 0 Å². The zero-order chi connectivity index (χ0) is 11.4. The van der Waals surface area contributed by atoms with Crippen LogP contribution in [-0.2, 0) is 0 Å². The highest BCUT2D eigenvalue weighted by atomic mass is 19.1. The molecule has 0 spiro atoms. The van der Waals surface area contributed by atoms with Gasteiger partial charge in [0.1, 0.15) is 0 Å². The maximum absolute atomic E-state index is 13.4. The van der Waals surface area contributed by atoms with Crippen LogP contribution in [0.5, 0.6) is 5.75 Å². The second-order valence-electron chi connectivity index (χ2n) is 4.02. The number of benzene rings is 1. The van der Waals surface area contributed by atoms with Crippen LogP contribution in [0.25, 0.3) is 0 Å². The number of anilines is 1. The lowest BCUT2D eigenvalue weighted by Gasteiger charge is -2.24. The van der Waals surface area contributed by atoms with E-state index in [0.29, 0.717) is 6.04 Å². The van der Waals surface area contributed by atoms with Crippen molar-refractivity contribution in [1.29, 1.82) is 0 Å². The molecule has 0 radical (unpaired) electrons. The number of hydrogen-bond donors (Lipinski definition) is 2. The summed E-state index contributed by atoms with van der Waals surface area (Å²) in [4.78, 5) is 0. The van der Waals surface area contributed by atoms with E-state index >= 15 is 0 Å². The second kappa shape index (κ2) is 5.16. The molecule has 1 saturated heterocycles. The minimum Gasteiger partial charge on any atom is -0.494 e. The summed E-state index contributed by atoms with van der Waals surface area (Å²) in [5.41, 5.74) is 0.824. The van der Waals surface area contributed by atoms with Gasteiger partial charge in [-0.25, -0.2) is 4.39 Å². The van der Waals surface area contributed by atoms with Gasteiger partial charge in [-0.3, -0.25) is 0 Å². The smallest absolute Gasteiger partial charge is 0.167 e. The molecule has 2 rings (SSSR count). The van der Waals surface area contributed by atoms with Crippen molar-refractivity contribution in [3.8, 4) is 5.75 Å². The summed E-state index contributed by atoms with van der Waals surface area (Å²) in [7, 11) is 1.47. The number of nitrogens with one attached hydrogen (secondary N) is 2. The summed E-state index contributed by atoms with van der Waals surface area (Å²) in [5.74, 6) is -0.0303. The number of ether oxygens (including phenoxy) is 1. The number of methoxy groups -OCH3 is 1. The molecule has 0 bridgehead atoms. The summed E-state index contributed by atoms with van der Waals surface area (Å²) in [6.07, 6.45) is 2.15. The van der Waals surface area contributed by atoms with E-state index in [-0.39, 0.29) is 11.6 Å². The van der Waals surface area contributed by atoms with Crippen molar-refractivity contribution in [2.24, 2.45) is 0 Å². The summed E-state index contributed by atoms with van der Waals surface area (Å²) in [6.45, 7) is 2.05. The van der Waals surface area contributed by atoms with Gasteiger partial charge in [-0.15, -0.1) is 0 Å². The van der Waals surface area contributed by atoms with E-state index in [2.05, 4.69) is 10.6 Å². The molecule has 3 nitrogen and oxygen atoms in total. The lowest BCUT2D eigenvalue weighted by atomic mass is 10.1. The molecule has 2 N–H and O–H groups in total. The van der Waals surface area contributed by atoms with Gasteiger partial charge in [-0.2, -0.15) is 0 Å². The third-order valence-corrected chi connectivity index (χ3v) is 2.86.